The average Bonchev–Trinajstić information content (AvgIpc) is 0.918. The molecule has 0 fully saturated rings. The van der Waals surface area contributed by atoms with E-state index in [-0.39, 0.29) is 40.5 Å². The Labute approximate surface area is 63.5 Å². The molecule has 0 atom stereocenters. The zero-order valence-corrected chi connectivity index (χ0v) is 5.55. The zero-order valence-electron chi connectivity index (χ0n) is 2.39. The summed E-state index contributed by atoms with van der Waals surface area (Å²) in [6.45, 7) is 0. The standard InChI is InChI=1S/Al.Na.2O.H4Si/h;;;;1H4/q;+1;;-1;. The van der Waals surface area contributed by atoms with Crippen LogP contribution in [-0.4, -0.2) is 26.5 Å². The summed E-state index contributed by atoms with van der Waals surface area (Å²) < 4.78 is 16.9. The summed E-state index contributed by atoms with van der Waals surface area (Å²) in [4.78, 5) is 0. The van der Waals surface area contributed by atoms with Crippen molar-refractivity contribution in [3.8, 4) is 0 Å². The first-order valence-electron chi connectivity index (χ1n) is 0.471. The molecular formula is H4AlNaO2Si. The van der Waals surface area contributed by atoms with E-state index in [9.17, 15) is 0 Å². The first-order chi connectivity index (χ1) is 1.41. The van der Waals surface area contributed by atoms with Gasteiger partial charge in [0, 0.05) is 0 Å². The second-order valence-electron chi connectivity index (χ2n) is 0.0962. The minimum Gasteiger partial charge on any atom is -0.0149 e. The Morgan fingerprint density at radius 2 is 1.60 bits per heavy atom. The molecule has 2 nitrogen and oxygen atoms in total. The predicted molar refractivity (Wildman–Crippen MR) is 17.8 cm³/mol. The van der Waals surface area contributed by atoms with Crippen molar-refractivity contribution >= 4 is 26.5 Å². The van der Waals surface area contributed by atoms with Crippen molar-refractivity contribution < 1.29 is 37.5 Å². The molecule has 0 heterocycles. The molecule has 0 bridgehead atoms. The van der Waals surface area contributed by atoms with Crippen LogP contribution in [0.25, 0.3) is 0 Å². The van der Waals surface area contributed by atoms with Gasteiger partial charge in [-0.1, -0.05) is 0 Å². The van der Waals surface area contributed by atoms with Crippen LogP contribution >= 0.6 is 0 Å². The molecule has 0 spiro atoms. The Balaban J connectivity index is -0.0000000200. The van der Waals surface area contributed by atoms with Gasteiger partial charge in [0.1, 0.15) is 0 Å². The maximum Gasteiger partial charge on any atom is -0.0149 e. The van der Waals surface area contributed by atoms with Gasteiger partial charge >= 0.3 is 53.0 Å². The van der Waals surface area contributed by atoms with Crippen LogP contribution in [0.3, 0.4) is 0 Å². The normalized spacial score (nSPS) is 1.60. The maximum absolute atomic E-state index is 8.46. The monoisotopic (exact) mass is 114 g/mol. The molecule has 0 aromatic carbocycles. The van der Waals surface area contributed by atoms with E-state index in [4.69, 9.17) is 7.96 Å². The Bertz CT molecular complexity index is 17.1. The van der Waals surface area contributed by atoms with Crippen molar-refractivity contribution in [1.29, 1.82) is 0 Å². The van der Waals surface area contributed by atoms with Gasteiger partial charge in [0.05, 0.1) is 0 Å². The molecule has 0 aromatic heterocycles. The molecule has 0 aliphatic rings. The van der Waals surface area contributed by atoms with Crippen molar-refractivity contribution in [3.63, 3.8) is 0 Å². The van der Waals surface area contributed by atoms with E-state index in [0.717, 1.165) is 0 Å². The smallest absolute Gasteiger partial charge is 0.0149 e. The van der Waals surface area contributed by atoms with Gasteiger partial charge in [0.15, 0.2) is 0 Å². The van der Waals surface area contributed by atoms with Crippen LogP contribution in [0, 0.1) is 0 Å². The molecule has 0 aliphatic heterocycles. The van der Waals surface area contributed by atoms with Gasteiger partial charge < -0.3 is 0 Å². The largest absolute Gasteiger partial charge is 0.0149 e. The van der Waals surface area contributed by atoms with Gasteiger partial charge in [0.25, 0.3) is 0 Å². The summed E-state index contributed by atoms with van der Waals surface area (Å²) in [5, 5.41) is 0. The maximum atomic E-state index is 8.46. The topological polar surface area (TPSA) is 40.1 Å². The van der Waals surface area contributed by atoms with Crippen molar-refractivity contribution in [2.45, 2.75) is 0 Å². The van der Waals surface area contributed by atoms with Crippen LogP contribution < -0.4 is 33.7 Å². The molecule has 0 saturated heterocycles. The van der Waals surface area contributed by atoms with Gasteiger partial charge in [-0.05, 0) is 11.0 Å². The van der Waals surface area contributed by atoms with Crippen LogP contribution in [0.15, 0.2) is 0 Å². The van der Waals surface area contributed by atoms with Crippen LogP contribution in [0.4, 0.5) is 0 Å². The fraction of sp³-hybridized carbons (Fsp3) is 0. The summed E-state index contributed by atoms with van der Waals surface area (Å²) in [6, 6.07) is 0. The van der Waals surface area contributed by atoms with Gasteiger partial charge in [0.2, 0.25) is 0 Å². The minimum atomic E-state index is -1.75. The summed E-state index contributed by atoms with van der Waals surface area (Å²) in [5.74, 6) is 0. The zero-order chi connectivity index (χ0) is 2.71. The number of hydrogen-bond acceptors (Lipinski definition) is 2. The second-order valence-corrected chi connectivity index (χ2v) is 0.289. The third kappa shape index (κ3) is 33.0. The molecule has 0 radical (unpaired) electrons. The molecule has 0 saturated carbocycles. The molecule has 0 amide bonds. The Morgan fingerprint density at radius 1 is 1.60 bits per heavy atom. The molecule has 5 heavy (non-hydrogen) atoms. The predicted octanol–water partition coefficient (Wildman–Crippen LogP) is -6.14. The van der Waals surface area contributed by atoms with Crippen LogP contribution in [-0.2, 0) is 3.80 Å². The molecule has 0 aliphatic carbocycles. The quantitative estimate of drug-likeness (QED) is 0.294. The van der Waals surface area contributed by atoms with Crippen LogP contribution in [0.5, 0.6) is 0 Å². The van der Waals surface area contributed by atoms with Crippen molar-refractivity contribution in [2.75, 3.05) is 0 Å². The third-order valence-electron chi connectivity index (χ3n) is 0. The van der Waals surface area contributed by atoms with E-state index < -0.39 is 15.5 Å². The van der Waals surface area contributed by atoms with Crippen LogP contribution in [0.1, 0.15) is 0 Å². The molecule has 24 valence electrons. The minimum absolute atomic E-state index is 0. The molecule has 5 heteroatoms. The Kier molecular flexibility index (Phi) is 59.4. The molecule has 0 unspecified atom stereocenters. The summed E-state index contributed by atoms with van der Waals surface area (Å²) >= 11 is -1.75. The number of rotatable bonds is 0. The first-order valence-corrected chi connectivity index (χ1v) is 1.41. The van der Waals surface area contributed by atoms with Gasteiger partial charge in [-0.25, -0.2) is 0 Å². The summed E-state index contributed by atoms with van der Waals surface area (Å²) in [5.41, 5.74) is 0. The van der Waals surface area contributed by atoms with E-state index in [1.807, 2.05) is 0 Å². The van der Waals surface area contributed by atoms with Crippen molar-refractivity contribution in [2.24, 2.45) is 0 Å². The van der Waals surface area contributed by atoms with E-state index in [2.05, 4.69) is 0 Å². The van der Waals surface area contributed by atoms with Crippen LogP contribution in [0.2, 0.25) is 0 Å². The van der Waals surface area contributed by atoms with Gasteiger partial charge in [-0.15, -0.1) is 0 Å². The molecule has 0 N–H and O–H groups in total. The summed E-state index contributed by atoms with van der Waals surface area (Å²) in [6.07, 6.45) is 0. The van der Waals surface area contributed by atoms with Crippen molar-refractivity contribution in [1.82, 2.24) is 0 Å². The van der Waals surface area contributed by atoms with Crippen molar-refractivity contribution in [3.05, 3.63) is 0 Å². The number of hydrogen-bond donors (Lipinski definition) is 0. The first kappa shape index (κ1) is 16.2. The van der Waals surface area contributed by atoms with Gasteiger partial charge in [-0.3, -0.25) is 0 Å². The third-order valence-corrected chi connectivity index (χ3v) is 0. The fourth-order valence-electron chi connectivity index (χ4n) is 0. The van der Waals surface area contributed by atoms with E-state index in [1.165, 1.54) is 0 Å². The van der Waals surface area contributed by atoms with E-state index in [0.29, 0.717) is 0 Å². The SMILES string of the molecule is [Na+].[O]=[Al][O-].[SiH4]. The second kappa shape index (κ2) is 18.3. The van der Waals surface area contributed by atoms with E-state index >= 15 is 0 Å². The molecular weight excluding hydrogens is 110 g/mol. The van der Waals surface area contributed by atoms with E-state index in [1.54, 1.807) is 0 Å². The molecule has 0 aromatic rings. The summed E-state index contributed by atoms with van der Waals surface area (Å²) in [7, 11) is 0. The van der Waals surface area contributed by atoms with Gasteiger partial charge in [-0.2, -0.15) is 0 Å². The average molecular weight is 114 g/mol. The molecule has 0 rings (SSSR count). The fourth-order valence-corrected chi connectivity index (χ4v) is 0. The Hall–Kier alpha value is 1.35. The Morgan fingerprint density at radius 3 is 1.60 bits per heavy atom.